The Morgan fingerprint density at radius 2 is 2.00 bits per heavy atom. The number of hydrogen-bond donors (Lipinski definition) is 3. The number of aromatic amines is 1. The molecule has 0 spiro atoms. The van der Waals surface area contributed by atoms with Gasteiger partial charge in [0.15, 0.2) is 0 Å². The summed E-state index contributed by atoms with van der Waals surface area (Å²) in [5.41, 5.74) is 7.37. The van der Waals surface area contributed by atoms with Crippen molar-refractivity contribution in [1.82, 2.24) is 10.3 Å². The zero-order valence-corrected chi connectivity index (χ0v) is 14.8. The lowest BCUT2D eigenvalue weighted by molar-refractivity contribution is 0.269. The average molecular weight is 320 g/mol. The van der Waals surface area contributed by atoms with Crippen LogP contribution in [0.5, 0.6) is 0 Å². The number of rotatable bonds is 3. The summed E-state index contributed by atoms with van der Waals surface area (Å²) >= 11 is 0. The molecule has 23 heavy (non-hydrogen) atoms. The van der Waals surface area contributed by atoms with E-state index in [4.69, 9.17) is 10.7 Å². The number of hydrogen-bond acceptors (Lipinski definition) is 3. The smallest absolute Gasteiger partial charge is 0.121 e. The lowest BCUT2D eigenvalue weighted by Gasteiger charge is -2.25. The van der Waals surface area contributed by atoms with Gasteiger partial charge < -0.3 is 16.0 Å². The predicted molar refractivity (Wildman–Crippen MR) is 93.9 cm³/mol. The highest BCUT2D eigenvalue weighted by Gasteiger charge is 2.70. The van der Waals surface area contributed by atoms with E-state index in [1.807, 2.05) is 27.0 Å². The number of nitrogens with two attached hydrogens (primary N) is 1. The quantitative estimate of drug-likeness (QED) is 0.747. The molecule has 4 atom stereocenters. The van der Waals surface area contributed by atoms with Gasteiger partial charge in [-0.1, -0.05) is 13.8 Å². The molecule has 0 radical (unpaired) electrons. The summed E-state index contributed by atoms with van der Waals surface area (Å²) in [6, 6.07) is 0.839. The summed E-state index contributed by atoms with van der Waals surface area (Å²) in [5, 5.41) is 3.47. The highest BCUT2D eigenvalue weighted by Crippen LogP contribution is 2.70. The van der Waals surface area contributed by atoms with Crippen molar-refractivity contribution in [2.45, 2.75) is 71.1 Å². The van der Waals surface area contributed by atoms with E-state index < -0.39 is 5.67 Å². The number of nitrogens with one attached hydrogen (secondary N) is 2. The molecule has 0 bridgehead atoms. The first kappa shape index (κ1) is 16.5. The normalized spacial score (nSPS) is 37.0. The van der Waals surface area contributed by atoms with E-state index >= 15 is 0 Å². The first-order valence-corrected chi connectivity index (χ1v) is 8.60. The van der Waals surface area contributed by atoms with Gasteiger partial charge in [-0.2, -0.15) is 0 Å². The van der Waals surface area contributed by atoms with Crippen molar-refractivity contribution in [3.63, 3.8) is 0 Å². The van der Waals surface area contributed by atoms with Gasteiger partial charge in [0.25, 0.3) is 0 Å². The molecule has 1 saturated heterocycles. The highest BCUT2D eigenvalue weighted by atomic mass is 19.1. The third-order valence-corrected chi connectivity index (χ3v) is 6.07. The fourth-order valence-corrected chi connectivity index (χ4v) is 4.13. The van der Waals surface area contributed by atoms with Gasteiger partial charge in [0.2, 0.25) is 0 Å². The molecule has 2 fully saturated rings. The van der Waals surface area contributed by atoms with Crippen LogP contribution in [0.25, 0.3) is 0 Å². The lowest BCUT2D eigenvalue weighted by atomic mass is 9.98. The maximum atomic E-state index is 14.8. The zero-order chi connectivity index (χ0) is 17.0. The Morgan fingerprint density at radius 3 is 2.52 bits per heavy atom. The third-order valence-electron chi connectivity index (χ3n) is 6.07. The fourth-order valence-electron chi connectivity index (χ4n) is 4.13. The Kier molecular flexibility index (Phi) is 3.82. The molecule has 128 valence electrons. The largest absolute Gasteiger partial charge is 0.385 e. The molecule has 3 rings (SSSR count). The Labute approximate surface area is 138 Å². The van der Waals surface area contributed by atoms with Gasteiger partial charge in [-0.05, 0) is 39.2 Å². The van der Waals surface area contributed by atoms with Crippen LogP contribution < -0.4 is 11.1 Å². The minimum Gasteiger partial charge on any atom is -0.385 e. The van der Waals surface area contributed by atoms with E-state index in [0.717, 1.165) is 36.2 Å². The van der Waals surface area contributed by atoms with Crippen molar-refractivity contribution in [3.05, 3.63) is 17.3 Å². The summed E-state index contributed by atoms with van der Waals surface area (Å²) in [5.74, 6) is 0.463. The summed E-state index contributed by atoms with van der Waals surface area (Å²) in [6.45, 7) is 10.7. The van der Waals surface area contributed by atoms with Gasteiger partial charge in [0.1, 0.15) is 11.5 Å². The van der Waals surface area contributed by atoms with Crippen molar-refractivity contribution in [3.8, 4) is 0 Å². The number of aromatic nitrogens is 1. The molecule has 4 nitrogen and oxygen atoms in total. The van der Waals surface area contributed by atoms with Crippen molar-refractivity contribution < 1.29 is 4.39 Å². The zero-order valence-electron chi connectivity index (χ0n) is 14.8. The van der Waals surface area contributed by atoms with Crippen LogP contribution >= 0.6 is 0 Å². The molecule has 1 saturated carbocycles. The van der Waals surface area contributed by atoms with Crippen molar-refractivity contribution >= 4 is 11.5 Å². The molecule has 0 amide bonds. The van der Waals surface area contributed by atoms with Crippen LogP contribution in [0.3, 0.4) is 0 Å². The van der Waals surface area contributed by atoms with Gasteiger partial charge in [-0.15, -0.1) is 0 Å². The van der Waals surface area contributed by atoms with Gasteiger partial charge >= 0.3 is 0 Å². The number of nitrogen functional groups attached to an aromatic ring is 1. The molecule has 2 aliphatic rings. The third kappa shape index (κ3) is 2.59. The van der Waals surface area contributed by atoms with Crippen LogP contribution in [0.1, 0.15) is 64.5 Å². The second-order valence-corrected chi connectivity index (χ2v) is 8.02. The topological polar surface area (TPSA) is 66.2 Å². The monoisotopic (exact) mass is 320 g/mol. The summed E-state index contributed by atoms with van der Waals surface area (Å²) in [7, 11) is 0. The van der Waals surface area contributed by atoms with Gasteiger partial charge in [-0.25, -0.2) is 4.39 Å². The fraction of sp³-hybridized carbons (Fsp3) is 0.722. The second kappa shape index (κ2) is 5.33. The number of anilines is 1. The van der Waals surface area contributed by atoms with Crippen LogP contribution in [0.15, 0.2) is 11.2 Å². The predicted octanol–water partition coefficient (Wildman–Crippen LogP) is 3.40. The molecule has 1 aliphatic heterocycles. The van der Waals surface area contributed by atoms with E-state index in [9.17, 15) is 4.39 Å². The number of nitrogens with zero attached hydrogens (tertiary/aromatic N) is 1. The maximum Gasteiger partial charge on any atom is 0.121 e. The van der Waals surface area contributed by atoms with Crippen LogP contribution in [0, 0.1) is 5.41 Å². The van der Waals surface area contributed by atoms with Crippen LogP contribution in [-0.4, -0.2) is 35.0 Å². The maximum absolute atomic E-state index is 14.8. The minimum atomic E-state index is -1.20. The van der Waals surface area contributed by atoms with Gasteiger partial charge in [0.05, 0.1) is 6.04 Å². The Balaban J connectivity index is 1.88. The second-order valence-electron chi connectivity index (χ2n) is 8.02. The molecule has 1 aromatic rings. The standard InChI is InChI=1S/C18H29FN4/c1-10-6-7-12(8-21-10)23-11(2)14-13(9-22-16(14)20)15-17(3,4)18(15,5)19/h9-10,12,15,21-22H,6-8,20H2,1-5H3/t10-,12+,15-,18?/m0/s1. The van der Waals surface area contributed by atoms with Crippen LogP contribution in [-0.2, 0) is 0 Å². The summed E-state index contributed by atoms with van der Waals surface area (Å²) < 4.78 is 14.8. The van der Waals surface area contributed by atoms with E-state index in [0.29, 0.717) is 11.9 Å². The van der Waals surface area contributed by atoms with E-state index in [1.165, 1.54) is 0 Å². The van der Waals surface area contributed by atoms with Crippen molar-refractivity contribution in [1.29, 1.82) is 0 Å². The number of halogens is 1. The summed E-state index contributed by atoms with van der Waals surface area (Å²) in [4.78, 5) is 7.95. The van der Waals surface area contributed by atoms with Gasteiger partial charge in [-0.3, -0.25) is 4.99 Å². The Bertz CT molecular complexity index is 607. The van der Waals surface area contributed by atoms with E-state index in [-0.39, 0.29) is 17.4 Å². The van der Waals surface area contributed by atoms with E-state index in [1.54, 1.807) is 6.92 Å². The van der Waals surface area contributed by atoms with Crippen LogP contribution in [0.2, 0.25) is 0 Å². The summed E-state index contributed by atoms with van der Waals surface area (Å²) in [6.07, 6.45) is 4.08. The molecule has 4 N–H and O–H groups in total. The number of H-pyrrole nitrogens is 1. The Hall–Kier alpha value is -1.36. The molecular weight excluding hydrogens is 291 g/mol. The molecule has 1 unspecified atom stereocenters. The average Bonchev–Trinajstić information content (AvgIpc) is 2.72. The molecule has 0 aromatic carbocycles. The van der Waals surface area contributed by atoms with Crippen molar-refractivity contribution in [2.75, 3.05) is 12.3 Å². The minimum absolute atomic E-state index is 0.131. The molecule has 1 aliphatic carbocycles. The number of alkyl halides is 1. The molecule has 2 heterocycles. The SMILES string of the molecule is CC(=N[C@@H]1CC[C@H](C)NC1)c1c([C@H]2C(C)(C)C2(C)F)c[nH]c1N. The van der Waals surface area contributed by atoms with Crippen LogP contribution in [0.4, 0.5) is 10.2 Å². The van der Waals surface area contributed by atoms with Crippen molar-refractivity contribution in [2.24, 2.45) is 10.4 Å². The number of aliphatic imine (C=N–C) groups is 1. The first-order valence-electron chi connectivity index (χ1n) is 8.60. The Morgan fingerprint density at radius 1 is 1.35 bits per heavy atom. The first-order chi connectivity index (χ1) is 10.7. The molecule has 1 aromatic heterocycles. The lowest BCUT2D eigenvalue weighted by Crippen LogP contribution is -2.39. The number of piperidine rings is 1. The highest BCUT2D eigenvalue weighted by molar-refractivity contribution is 6.04. The molecular formula is C18H29FN4. The van der Waals surface area contributed by atoms with Gasteiger partial charge in [0, 0.05) is 41.4 Å². The molecule has 5 heteroatoms. The van der Waals surface area contributed by atoms with E-state index in [2.05, 4.69) is 17.2 Å².